The van der Waals surface area contributed by atoms with Gasteiger partial charge in [0.15, 0.2) is 20.2 Å². The molecule has 0 aromatic carbocycles. The summed E-state index contributed by atoms with van der Waals surface area (Å²) in [6, 6.07) is 0. The van der Waals surface area contributed by atoms with E-state index < -0.39 is 31.3 Å². The molecule has 20 heavy (non-hydrogen) atoms. The van der Waals surface area contributed by atoms with Crippen molar-refractivity contribution in [3.8, 4) is 0 Å². The summed E-state index contributed by atoms with van der Waals surface area (Å²) in [7, 11) is -12.2. The molecule has 7 nitrogen and oxygen atoms in total. The molecule has 0 fully saturated rings. The van der Waals surface area contributed by atoms with E-state index in [0.29, 0.717) is 0 Å². The first-order valence-corrected chi connectivity index (χ1v) is 6.38. The molecule has 0 aromatic heterocycles. The fourth-order valence-electron chi connectivity index (χ4n) is 0. The molecule has 0 rings (SSSR count). The van der Waals surface area contributed by atoms with Crippen molar-refractivity contribution in [2.24, 2.45) is 0 Å². The molecule has 0 amide bonds. The first kappa shape index (κ1) is 28.1. The Morgan fingerprint density at radius 2 is 0.900 bits per heavy atom. The summed E-state index contributed by atoms with van der Waals surface area (Å²) in [6.45, 7) is 1.93. The molecule has 0 aliphatic rings. The van der Waals surface area contributed by atoms with Crippen molar-refractivity contribution < 1.29 is 74.5 Å². The number of halogens is 6. The van der Waals surface area contributed by atoms with E-state index in [2.05, 4.69) is 0 Å². The number of alkyl halides is 6. The third-order valence-corrected chi connectivity index (χ3v) is 1.70. The van der Waals surface area contributed by atoms with Crippen molar-refractivity contribution in [3.05, 3.63) is 0 Å². The van der Waals surface area contributed by atoms with E-state index in [0.717, 1.165) is 0 Å². The molecule has 0 saturated heterocycles. The minimum atomic E-state index is -6.09. The largest absolute Gasteiger partial charge is 2.00 e. The molecule has 0 heterocycles. The molecule has 0 spiro atoms. The molecule has 129 valence electrons. The summed E-state index contributed by atoms with van der Waals surface area (Å²) in [4.78, 5) is 0. The van der Waals surface area contributed by atoms with E-state index in [9.17, 15) is 26.3 Å². The van der Waals surface area contributed by atoms with E-state index >= 15 is 0 Å². The molecule has 0 aromatic rings. The Balaban J connectivity index is -0.000000103. The summed E-state index contributed by atoms with van der Waals surface area (Å²) in [5.74, 6) is 0. The van der Waals surface area contributed by atoms with Crippen LogP contribution in [0.5, 0.6) is 0 Å². The van der Waals surface area contributed by atoms with Gasteiger partial charge in [0.05, 0.1) is 0 Å². The van der Waals surface area contributed by atoms with Crippen molar-refractivity contribution in [1.29, 1.82) is 0 Å². The van der Waals surface area contributed by atoms with Gasteiger partial charge in [-0.15, -0.1) is 0 Å². The van der Waals surface area contributed by atoms with E-state index in [4.69, 9.17) is 31.0 Å². The van der Waals surface area contributed by atoms with Gasteiger partial charge in [-0.25, -0.2) is 16.8 Å². The number of hydrogen-bond acceptors (Lipinski definition) is 7. The second-order valence-corrected chi connectivity index (χ2v) is 4.86. The Morgan fingerprint density at radius 3 is 0.900 bits per heavy atom. The van der Waals surface area contributed by atoms with Crippen molar-refractivity contribution in [2.75, 3.05) is 6.61 Å². The van der Waals surface area contributed by atoms with Gasteiger partial charge in [0.1, 0.15) is 0 Å². The predicted octanol–water partition coefficient (Wildman–Crippen LogP) is 0.0989. The summed E-state index contributed by atoms with van der Waals surface area (Å²) >= 11 is 0. The van der Waals surface area contributed by atoms with Crippen molar-refractivity contribution >= 4 is 20.2 Å². The SMILES string of the molecule is CCO.O=S(=O)([O-])C(F)(F)F.O=S(=O)([O-])C(F)(F)F.[Cu+2]. The van der Waals surface area contributed by atoms with Gasteiger partial charge in [0.2, 0.25) is 0 Å². The van der Waals surface area contributed by atoms with Crippen molar-refractivity contribution in [1.82, 2.24) is 0 Å². The number of hydrogen-bond donors (Lipinski definition) is 1. The fraction of sp³-hybridized carbons (Fsp3) is 1.00. The maximum absolute atomic E-state index is 10.7. The van der Waals surface area contributed by atoms with Crippen LogP contribution in [0, 0.1) is 0 Å². The Hall–Kier alpha value is -0.121. The van der Waals surface area contributed by atoms with Crippen LogP contribution in [0.15, 0.2) is 0 Å². The predicted molar refractivity (Wildman–Crippen MR) is 44.3 cm³/mol. The Labute approximate surface area is 119 Å². The Kier molecular flexibility index (Phi) is 13.7. The Morgan fingerprint density at radius 1 is 0.850 bits per heavy atom. The third kappa shape index (κ3) is 15.9. The average molecular weight is 408 g/mol. The minimum absolute atomic E-state index is 0. The molecule has 0 saturated carbocycles. The molecule has 0 unspecified atom stereocenters. The zero-order chi connectivity index (χ0) is 16.7. The molecule has 1 radical (unpaired) electrons. The van der Waals surface area contributed by atoms with Crippen molar-refractivity contribution in [3.63, 3.8) is 0 Å². The van der Waals surface area contributed by atoms with Crippen LogP contribution in [0.3, 0.4) is 0 Å². The topological polar surface area (TPSA) is 135 Å². The zero-order valence-electron chi connectivity index (χ0n) is 8.99. The quantitative estimate of drug-likeness (QED) is 0.260. The summed E-state index contributed by atoms with van der Waals surface area (Å²) in [5.41, 5.74) is -11.3. The van der Waals surface area contributed by atoms with Crippen LogP contribution in [-0.2, 0) is 37.3 Å². The van der Waals surface area contributed by atoms with E-state index in [1.165, 1.54) is 0 Å². The van der Waals surface area contributed by atoms with Gasteiger partial charge >= 0.3 is 28.1 Å². The van der Waals surface area contributed by atoms with Crippen LogP contribution >= 0.6 is 0 Å². The third-order valence-electron chi connectivity index (χ3n) is 0.567. The molecular formula is C4H6CuF6O7S2. The average Bonchev–Trinajstić information content (AvgIpc) is 1.97. The van der Waals surface area contributed by atoms with E-state index in [1.807, 2.05) is 0 Å². The van der Waals surface area contributed by atoms with Gasteiger partial charge < -0.3 is 14.2 Å². The molecular weight excluding hydrogens is 402 g/mol. The van der Waals surface area contributed by atoms with Gasteiger partial charge in [-0.05, 0) is 6.92 Å². The van der Waals surface area contributed by atoms with Gasteiger partial charge in [-0.3, -0.25) is 0 Å². The van der Waals surface area contributed by atoms with Crippen molar-refractivity contribution in [2.45, 2.75) is 17.9 Å². The van der Waals surface area contributed by atoms with Crippen LogP contribution in [0.4, 0.5) is 26.3 Å². The van der Waals surface area contributed by atoms with Crippen LogP contribution in [0.1, 0.15) is 6.92 Å². The normalized spacial score (nSPS) is 12.1. The molecule has 1 N–H and O–H groups in total. The Bertz CT molecular complexity index is 395. The summed E-state index contributed by atoms with van der Waals surface area (Å²) < 4.78 is 118. The number of rotatable bonds is 0. The smallest absolute Gasteiger partial charge is 0.741 e. The van der Waals surface area contributed by atoms with Gasteiger partial charge in [0, 0.05) is 6.61 Å². The molecule has 0 bridgehead atoms. The minimum Gasteiger partial charge on any atom is -0.741 e. The first-order valence-electron chi connectivity index (χ1n) is 3.57. The van der Waals surface area contributed by atoms with E-state index in [1.54, 1.807) is 6.92 Å². The standard InChI is InChI=1S/C2H6O.2CHF3O3S.Cu/c1-2-3;2*2-1(3,4)8(5,6)7;/h3H,2H2,1H3;2*(H,5,6,7);/q;;;+2/p-2. The first-order chi connectivity index (χ1) is 7.91. The zero-order valence-corrected chi connectivity index (χ0v) is 11.6. The van der Waals surface area contributed by atoms with Gasteiger partial charge in [-0.1, -0.05) is 0 Å². The maximum atomic E-state index is 10.7. The fourth-order valence-corrected chi connectivity index (χ4v) is 0. The monoisotopic (exact) mass is 407 g/mol. The van der Waals surface area contributed by atoms with Crippen LogP contribution in [0.2, 0.25) is 0 Å². The molecule has 0 aliphatic carbocycles. The molecule has 16 heteroatoms. The molecule has 0 atom stereocenters. The van der Waals surface area contributed by atoms with Gasteiger partial charge in [0.25, 0.3) is 0 Å². The number of aliphatic hydroxyl groups is 1. The molecule has 0 aliphatic heterocycles. The maximum Gasteiger partial charge on any atom is 2.00 e. The van der Waals surface area contributed by atoms with Crippen LogP contribution in [0.25, 0.3) is 0 Å². The second kappa shape index (κ2) is 9.75. The number of aliphatic hydroxyl groups excluding tert-OH is 1. The van der Waals surface area contributed by atoms with Gasteiger partial charge in [-0.2, -0.15) is 26.3 Å². The van der Waals surface area contributed by atoms with Crippen LogP contribution < -0.4 is 0 Å². The van der Waals surface area contributed by atoms with E-state index in [-0.39, 0.29) is 23.7 Å². The summed E-state index contributed by atoms with van der Waals surface area (Å²) in [6.07, 6.45) is 0. The summed E-state index contributed by atoms with van der Waals surface area (Å²) in [5, 5.41) is 7.57. The van der Waals surface area contributed by atoms with Crippen LogP contribution in [-0.4, -0.2) is 48.7 Å². The second-order valence-electron chi connectivity index (χ2n) is 2.12.